The number of hydrogen-bond acceptors (Lipinski definition) is 3. The van der Waals surface area contributed by atoms with Crippen LogP contribution in [-0.4, -0.2) is 27.2 Å². The average molecular weight is 230 g/mol. The normalized spacial score (nSPS) is 9.60. The predicted octanol–water partition coefficient (Wildman–Crippen LogP) is 1.72. The van der Waals surface area contributed by atoms with Crippen LogP contribution in [0.1, 0.15) is 10.4 Å². The summed E-state index contributed by atoms with van der Waals surface area (Å²) in [6.45, 7) is 0. The summed E-state index contributed by atoms with van der Waals surface area (Å²) in [6, 6.07) is 3.09. The number of hydrogen-bond donors (Lipinski definition) is 1. The second-order valence-electron chi connectivity index (χ2n) is 2.77. The van der Waals surface area contributed by atoms with E-state index in [0.29, 0.717) is 22.1 Å². The smallest absolute Gasteiger partial charge is 0.252 e. The molecule has 0 heterocycles. The molecule has 1 aromatic rings. The van der Waals surface area contributed by atoms with Crippen LogP contribution in [0, 0.1) is 0 Å². The summed E-state index contributed by atoms with van der Waals surface area (Å²) in [6.07, 6.45) is 0. The summed E-state index contributed by atoms with van der Waals surface area (Å²) in [5, 5.41) is 2.82. The van der Waals surface area contributed by atoms with Crippen LogP contribution >= 0.6 is 11.6 Å². The molecule has 0 aliphatic carbocycles. The number of carbonyl (C=O) groups excluding carboxylic acids is 1. The SMILES string of the molecule is CNC(=O)c1cc(OC)c(OC)cc1Cl. The van der Waals surface area contributed by atoms with E-state index in [0.717, 1.165) is 0 Å². The predicted molar refractivity (Wildman–Crippen MR) is 57.9 cm³/mol. The zero-order valence-electron chi connectivity index (χ0n) is 8.76. The number of ether oxygens (including phenoxy) is 2. The van der Waals surface area contributed by atoms with Crippen molar-refractivity contribution >= 4 is 17.5 Å². The first-order chi connectivity index (χ1) is 7.13. The highest BCUT2D eigenvalue weighted by molar-refractivity contribution is 6.34. The van der Waals surface area contributed by atoms with Crippen LogP contribution in [0.5, 0.6) is 11.5 Å². The molecule has 0 saturated carbocycles. The summed E-state index contributed by atoms with van der Waals surface area (Å²) in [5.41, 5.74) is 0.358. The quantitative estimate of drug-likeness (QED) is 0.859. The molecule has 0 fully saturated rings. The first-order valence-electron chi connectivity index (χ1n) is 4.27. The molecule has 0 aliphatic heterocycles. The second kappa shape index (κ2) is 4.89. The van der Waals surface area contributed by atoms with E-state index in [-0.39, 0.29) is 5.91 Å². The zero-order chi connectivity index (χ0) is 11.4. The van der Waals surface area contributed by atoms with Crippen molar-refractivity contribution in [2.75, 3.05) is 21.3 Å². The summed E-state index contributed by atoms with van der Waals surface area (Å²) in [7, 11) is 4.54. The fourth-order valence-electron chi connectivity index (χ4n) is 1.16. The highest BCUT2D eigenvalue weighted by Crippen LogP contribution is 2.32. The van der Waals surface area contributed by atoms with Crippen LogP contribution in [-0.2, 0) is 0 Å². The molecular formula is C10H12ClNO3. The van der Waals surface area contributed by atoms with Gasteiger partial charge < -0.3 is 14.8 Å². The van der Waals surface area contributed by atoms with Gasteiger partial charge in [-0.2, -0.15) is 0 Å². The first kappa shape index (κ1) is 11.7. The maximum Gasteiger partial charge on any atom is 0.252 e. The molecule has 0 bridgehead atoms. The molecule has 1 N–H and O–H groups in total. The molecule has 1 amide bonds. The van der Waals surface area contributed by atoms with Crippen LogP contribution < -0.4 is 14.8 Å². The van der Waals surface area contributed by atoms with E-state index in [1.54, 1.807) is 12.1 Å². The minimum absolute atomic E-state index is 0.263. The van der Waals surface area contributed by atoms with E-state index in [2.05, 4.69) is 5.32 Å². The maximum absolute atomic E-state index is 11.4. The molecule has 0 radical (unpaired) electrons. The monoisotopic (exact) mass is 229 g/mol. The summed E-state index contributed by atoms with van der Waals surface area (Å²) in [4.78, 5) is 11.4. The Morgan fingerprint density at radius 1 is 1.27 bits per heavy atom. The number of methoxy groups -OCH3 is 2. The van der Waals surface area contributed by atoms with Crippen molar-refractivity contribution in [3.05, 3.63) is 22.7 Å². The topological polar surface area (TPSA) is 47.6 Å². The number of benzene rings is 1. The summed E-state index contributed by atoms with van der Waals surface area (Å²) < 4.78 is 10.1. The fraction of sp³-hybridized carbons (Fsp3) is 0.300. The largest absolute Gasteiger partial charge is 0.493 e. The third-order valence-electron chi connectivity index (χ3n) is 1.94. The van der Waals surface area contributed by atoms with Gasteiger partial charge in [-0.25, -0.2) is 0 Å². The van der Waals surface area contributed by atoms with Crippen LogP contribution in [0.25, 0.3) is 0 Å². The zero-order valence-corrected chi connectivity index (χ0v) is 9.51. The van der Waals surface area contributed by atoms with E-state index >= 15 is 0 Å². The van der Waals surface area contributed by atoms with Crippen molar-refractivity contribution in [2.24, 2.45) is 0 Å². The van der Waals surface area contributed by atoms with Gasteiger partial charge in [0, 0.05) is 13.1 Å². The van der Waals surface area contributed by atoms with Crippen LogP contribution in [0.3, 0.4) is 0 Å². The Hall–Kier alpha value is -1.42. The number of amides is 1. The molecule has 0 aromatic heterocycles. The van der Waals surface area contributed by atoms with Gasteiger partial charge in [0.1, 0.15) is 0 Å². The molecule has 0 atom stereocenters. The Kier molecular flexibility index (Phi) is 3.80. The fourth-order valence-corrected chi connectivity index (χ4v) is 1.40. The van der Waals surface area contributed by atoms with E-state index < -0.39 is 0 Å². The molecule has 0 saturated heterocycles. The van der Waals surface area contributed by atoms with Crippen LogP contribution in [0.15, 0.2) is 12.1 Å². The standard InChI is InChI=1S/C10H12ClNO3/c1-12-10(13)6-4-8(14-2)9(15-3)5-7(6)11/h4-5H,1-3H3,(H,12,13). The Labute approximate surface area is 93.1 Å². The molecular weight excluding hydrogens is 218 g/mol. The van der Waals surface area contributed by atoms with Crippen molar-refractivity contribution in [3.8, 4) is 11.5 Å². The van der Waals surface area contributed by atoms with Gasteiger partial charge in [-0.3, -0.25) is 4.79 Å². The molecule has 0 aliphatic rings. The minimum atomic E-state index is -0.263. The maximum atomic E-state index is 11.4. The minimum Gasteiger partial charge on any atom is -0.493 e. The molecule has 5 heteroatoms. The molecule has 1 aromatic carbocycles. The number of carbonyl (C=O) groups is 1. The van der Waals surface area contributed by atoms with Crippen molar-refractivity contribution in [1.29, 1.82) is 0 Å². The van der Waals surface area contributed by atoms with E-state index in [1.807, 2.05) is 0 Å². The van der Waals surface area contributed by atoms with Gasteiger partial charge in [-0.15, -0.1) is 0 Å². The highest BCUT2D eigenvalue weighted by Gasteiger charge is 2.14. The lowest BCUT2D eigenvalue weighted by Crippen LogP contribution is -2.18. The van der Waals surface area contributed by atoms with Crippen molar-refractivity contribution in [3.63, 3.8) is 0 Å². The van der Waals surface area contributed by atoms with Crippen LogP contribution in [0.4, 0.5) is 0 Å². The Morgan fingerprint density at radius 2 is 1.80 bits per heavy atom. The Balaban J connectivity index is 3.25. The van der Waals surface area contributed by atoms with Gasteiger partial charge in [0.15, 0.2) is 11.5 Å². The molecule has 0 unspecified atom stereocenters. The molecule has 82 valence electrons. The Bertz CT molecular complexity index is 379. The summed E-state index contributed by atoms with van der Waals surface area (Å²) in [5.74, 6) is 0.705. The van der Waals surface area contributed by atoms with Crippen molar-refractivity contribution in [1.82, 2.24) is 5.32 Å². The molecule has 4 nitrogen and oxygen atoms in total. The lowest BCUT2D eigenvalue weighted by molar-refractivity contribution is 0.0963. The number of rotatable bonds is 3. The Morgan fingerprint density at radius 3 is 2.27 bits per heavy atom. The number of nitrogens with one attached hydrogen (secondary N) is 1. The van der Waals surface area contributed by atoms with Gasteiger partial charge in [0.25, 0.3) is 5.91 Å². The van der Waals surface area contributed by atoms with E-state index in [1.165, 1.54) is 21.3 Å². The van der Waals surface area contributed by atoms with Crippen molar-refractivity contribution < 1.29 is 14.3 Å². The lowest BCUT2D eigenvalue weighted by Gasteiger charge is -2.10. The number of halogens is 1. The summed E-state index contributed by atoms with van der Waals surface area (Å²) >= 11 is 5.91. The molecule has 0 spiro atoms. The van der Waals surface area contributed by atoms with E-state index in [9.17, 15) is 4.79 Å². The van der Waals surface area contributed by atoms with Gasteiger partial charge in [0.05, 0.1) is 24.8 Å². The van der Waals surface area contributed by atoms with Gasteiger partial charge in [-0.1, -0.05) is 11.6 Å². The highest BCUT2D eigenvalue weighted by atomic mass is 35.5. The second-order valence-corrected chi connectivity index (χ2v) is 3.17. The van der Waals surface area contributed by atoms with E-state index in [4.69, 9.17) is 21.1 Å². The first-order valence-corrected chi connectivity index (χ1v) is 4.65. The third-order valence-corrected chi connectivity index (χ3v) is 2.26. The third kappa shape index (κ3) is 2.33. The average Bonchev–Trinajstić information content (AvgIpc) is 2.27. The van der Waals surface area contributed by atoms with Crippen molar-refractivity contribution in [2.45, 2.75) is 0 Å². The van der Waals surface area contributed by atoms with Gasteiger partial charge >= 0.3 is 0 Å². The molecule has 1 rings (SSSR count). The lowest BCUT2D eigenvalue weighted by atomic mass is 10.2. The van der Waals surface area contributed by atoms with Gasteiger partial charge in [0.2, 0.25) is 0 Å². The van der Waals surface area contributed by atoms with Gasteiger partial charge in [-0.05, 0) is 6.07 Å². The molecule has 15 heavy (non-hydrogen) atoms. The van der Waals surface area contributed by atoms with Crippen LogP contribution in [0.2, 0.25) is 5.02 Å².